The van der Waals surface area contributed by atoms with Crippen molar-refractivity contribution in [1.82, 2.24) is 15.0 Å². The first-order valence-electron chi connectivity index (χ1n) is 18.5. The minimum atomic E-state index is 0.629. The Hall–Kier alpha value is -7.43. The fraction of sp³-hybridized carbons (Fsp3) is 0. The molecular weight excluding hydrogens is 671 g/mol. The van der Waals surface area contributed by atoms with Crippen LogP contribution in [0.4, 0.5) is 0 Å². The molecule has 55 heavy (non-hydrogen) atoms. The lowest BCUT2D eigenvalue weighted by Crippen LogP contribution is -2.00. The van der Waals surface area contributed by atoms with Crippen molar-refractivity contribution in [3.63, 3.8) is 0 Å². The maximum absolute atomic E-state index is 6.06. The number of rotatable bonds is 5. The maximum Gasteiger partial charge on any atom is 0.164 e. The first-order chi connectivity index (χ1) is 27.2. The normalized spacial score (nSPS) is 11.6. The van der Waals surface area contributed by atoms with Crippen LogP contribution in [0.3, 0.4) is 0 Å². The highest BCUT2D eigenvalue weighted by Gasteiger charge is 2.15. The summed E-state index contributed by atoms with van der Waals surface area (Å²) in [7, 11) is 0. The summed E-state index contributed by atoms with van der Waals surface area (Å²) in [6.45, 7) is 0. The zero-order valence-electron chi connectivity index (χ0n) is 29.6. The quantitative estimate of drug-likeness (QED) is 0.168. The van der Waals surface area contributed by atoms with Crippen LogP contribution < -0.4 is 0 Å². The minimum absolute atomic E-state index is 0.629. The Labute approximate surface area is 317 Å². The predicted molar refractivity (Wildman–Crippen MR) is 227 cm³/mol. The minimum Gasteiger partial charge on any atom is -0.456 e. The van der Waals surface area contributed by atoms with E-state index < -0.39 is 0 Å². The molecule has 0 spiro atoms. The largest absolute Gasteiger partial charge is 0.456 e. The van der Waals surface area contributed by atoms with Crippen molar-refractivity contribution in [1.29, 1.82) is 0 Å². The molecule has 4 nitrogen and oxygen atoms in total. The molecule has 11 aromatic rings. The molecule has 9 aromatic carbocycles. The van der Waals surface area contributed by atoms with E-state index in [1.165, 1.54) is 37.9 Å². The van der Waals surface area contributed by atoms with Crippen molar-refractivity contribution in [2.45, 2.75) is 0 Å². The van der Waals surface area contributed by atoms with Crippen LogP contribution in [-0.4, -0.2) is 15.0 Å². The Morgan fingerprint density at radius 2 is 0.600 bits per heavy atom. The van der Waals surface area contributed by atoms with Gasteiger partial charge in [-0.05, 0) is 78.8 Å². The van der Waals surface area contributed by atoms with Gasteiger partial charge in [-0.25, -0.2) is 15.0 Å². The van der Waals surface area contributed by atoms with Crippen LogP contribution in [0.15, 0.2) is 192 Å². The van der Waals surface area contributed by atoms with Crippen LogP contribution in [0.1, 0.15) is 0 Å². The number of furan rings is 1. The summed E-state index contributed by atoms with van der Waals surface area (Å²) in [4.78, 5) is 15.0. The van der Waals surface area contributed by atoms with Crippen molar-refractivity contribution in [3.05, 3.63) is 188 Å². The van der Waals surface area contributed by atoms with E-state index in [1.807, 2.05) is 48.5 Å². The lowest BCUT2D eigenvalue weighted by Gasteiger charge is -2.12. The Bertz CT molecular complexity index is 3200. The van der Waals surface area contributed by atoms with Crippen LogP contribution in [0.25, 0.3) is 111 Å². The van der Waals surface area contributed by atoms with E-state index in [1.54, 1.807) is 0 Å². The molecule has 0 N–H and O–H groups in total. The fourth-order valence-corrected chi connectivity index (χ4v) is 7.97. The van der Waals surface area contributed by atoms with E-state index in [0.717, 1.165) is 55.3 Å². The summed E-state index contributed by atoms with van der Waals surface area (Å²) in [5.74, 6) is 1.90. The molecule has 0 atom stereocenters. The van der Waals surface area contributed by atoms with Crippen LogP contribution in [0.5, 0.6) is 0 Å². The molecule has 0 amide bonds. The highest BCUT2D eigenvalue weighted by molar-refractivity contribution is 6.25. The second kappa shape index (κ2) is 12.6. The second-order valence-electron chi connectivity index (χ2n) is 14.0. The molecule has 11 rings (SSSR count). The van der Waals surface area contributed by atoms with Gasteiger partial charge in [-0.1, -0.05) is 164 Å². The van der Waals surface area contributed by atoms with Gasteiger partial charge in [0.1, 0.15) is 11.2 Å². The van der Waals surface area contributed by atoms with Gasteiger partial charge in [0.2, 0.25) is 0 Å². The van der Waals surface area contributed by atoms with Crippen molar-refractivity contribution >= 4 is 54.3 Å². The van der Waals surface area contributed by atoms with E-state index in [-0.39, 0.29) is 0 Å². The molecule has 256 valence electrons. The van der Waals surface area contributed by atoms with Crippen LogP contribution in [0, 0.1) is 0 Å². The molecule has 0 aliphatic rings. The van der Waals surface area contributed by atoms with E-state index >= 15 is 0 Å². The van der Waals surface area contributed by atoms with E-state index in [0.29, 0.717) is 17.5 Å². The molecule has 0 fully saturated rings. The molecule has 0 radical (unpaired) electrons. The van der Waals surface area contributed by atoms with Crippen molar-refractivity contribution in [3.8, 4) is 56.4 Å². The molecular formula is C51H31N3O. The van der Waals surface area contributed by atoms with Gasteiger partial charge in [0, 0.05) is 27.5 Å². The predicted octanol–water partition coefficient (Wildman–Crippen LogP) is 13.6. The molecule has 0 aliphatic carbocycles. The Morgan fingerprint density at radius 1 is 0.236 bits per heavy atom. The third-order valence-corrected chi connectivity index (χ3v) is 10.7. The van der Waals surface area contributed by atoms with Crippen LogP contribution in [-0.2, 0) is 0 Å². The third-order valence-electron chi connectivity index (χ3n) is 10.7. The SMILES string of the molecule is c1ccc(-c2nc(-c3ccc(-c4ccc5oc6ccccc6c5c4)cc3)nc(-c3ccc(-c4ccc5c6ccccc6c6ccccc6c5c4)cc3)n2)cc1. The van der Waals surface area contributed by atoms with Gasteiger partial charge in [0.25, 0.3) is 0 Å². The first kappa shape index (κ1) is 31.1. The molecule has 0 bridgehead atoms. The number of hydrogen-bond acceptors (Lipinski definition) is 4. The van der Waals surface area contributed by atoms with Gasteiger partial charge in [0.05, 0.1) is 0 Å². The third kappa shape index (κ3) is 5.34. The Kier molecular flexibility index (Phi) is 7.14. The maximum atomic E-state index is 6.06. The summed E-state index contributed by atoms with van der Waals surface area (Å²) >= 11 is 0. The zero-order valence-corrected chi connectivity index (χ0v) is 29.6. The molecule has 0 unspecified atom stereocenters. The molecule has 2 heterocycles. The lowest BCUT2D eigenvalue weighted by atomic mass is 9.92. The van der Waals surface area contributed by atoms with Crippen LogP contribution >= 0.6 is 0 Å². The van der Waals surface area contributed by atoms with Gasteiger partial charge >= 0.3 is 0 Å². The molecule has 4 heteroatoms. The van der Waals surface area contributed by atoms with E-state index in [4.69, 9.17) is 19.4 Å². The standard InChI is InChI=1S/C51H31N3O/c1-2-10-34(11-3-1)49-52-50(54-51(53-49)36-24-20-33(21-25-36)38-27-29-48-46(31-38)44-16-8-9-17-47(44)55-48)35-22-18-32(19-23-35)37-26-28-43-41-14-5-4-12-39(41)40-13-6-7-15-42(40)45(43)30-37/h1-31H. The van der Waals surface area contributed by atoms with E-state index in [9.17, 15) is 0 Å². The number of para-hydroxylation sites is 1. The Balaban J connectivity index is 0.963. The van der Waals surface area contributed by atoms with Gasteiger partial charge < -0.3 is 4.42 Å². The van der Waals surface area contributed by atoms with Gasteiger partial charge in [-0.2, -0.15) is 0 Å². The van der Waals surface area contributed by atoms with Gasteiger partial charge in [0.15, 0.2) is 17.5 Å². The van der Waals surface area contributed by atoms with Crippen molar-refractivity contribution < 1.29 is 4.42 Å². The summed E-state index contributed by atoms with van der Waals surface area (Å²) in [6, 6.07) is 65.9. The summed E-state index contributed by atoms with van der Waals surface area (Å²) < 4.78 is 6.06. The number of nitrogens with zero attached hydrogens (tertiary/aromatic N) is 3. The zero-order chi connectivity index (χ0) is 36.3. The van der Waals surface area contributed by atoms with Gasteiger partial charge in [-0.3, -0.25) is 0 Å². The monoisotopic (exact) mass is 701 g/mol. The smallest absolute Gasteiger partial charge is 0.164 e. The van der Waals surface area contributed by atoms with Crippen LogP contribution in [0.2, 0.25) is 0 Å². The van der Waals surface area contributed by atoms with Crippen molar-refractivity contribution in [2.75, 3.05) is 0 Å². The summed E-state index contributed by atoms with van der Waals surface area (Å²) in [5, 5.41) is 9.85. The van der Waals surface area contributed by atoms with Gasteiger partial charge in [-0.15, -0.1) is 0 Å². The molecule has 0 aliphatic heterocycles. The molecule has 2 aromatic heterocycles. The number of hydrogen-bond donors (Lipinski definition) is 0. The number of benzene rings is 9. The average Bonchev–Trinajstić information content (AvgIpc) is 3.65. The highest BCUT2D eigenvalue weighted by atomic mass is 16.3. The van der Waals surface area contributed by atoms with Crippen molar-refractivity contribution in [2.24, 2.45) is 0 Å². The Morgan fingerprint density at radius 3 is 1.16 bits per heavy atom. The fourth-order valence-electron chi connectivity index (χ4n) is 7.97. The number of aromatic nitrogens is 3. The average molecular weight is 702 g/mol. The molecule has 0 saturated heterocycles. The molecule has 0 saturated carbocycles. The number of fused-ring (bicyclic) bond motifs is 9. The van der Waals surface area contributed by atoms with E-state index in [2.05, 4.69) is 140 Å². The summed E-state index contributed by atoms with van der Waals surface area (Å²) in [6.07, 6.45) is 0. The lowest BCUT2D eigenvalue weighted by molar-refractivity contribution is 0.669. The summed E-state index contributed by atoms with van der Waals surface area (Å²) in [5.41, 5.74) is 9.12. The first-order valence-corrected chi connectivity index (χ1v) is 18.5. The topological polar surface area (TPSA) is 51.8 Å². The highest BCUT2D eigenvalue weighted by Crippen LogP contribution is 2.38. The second-order valence-corrected chi connectivity index (χ2v) is 14.0.